The number of hydrogen-bond acceptors (Lipinski definition) is 4. The molecule has 0 bridgehead atoms. The maximum Gasteiger partial charge on any atom is 0.227 e. The lowest BCUT2D eigenvalue weighted by Crippen LogP contribution is -2.39. The van der Waals surface area contributed by atoms with Crippen LogP contribution in [0, 0.1) is 5.92 Å². The molecule has 0 radical (unpaired) electrons. The summed E-state index contributed by atoms with van der Waals surface area (Å²) in [5.74, 6) is -0.0739. The number of amides is 1. The van der Waals surface area contributed by atoms with Crippen molar-refractivity contribution in [1.82, 2.24) is 9.88 Å². The molecular weight excluding hydrogens is 281 g/mol. The van der Waals surface area contributed by atoms with Crippen LogP contribution in [0.1, 0.15) is 18.9 Å². The number of carbonyl (C=O) groups excluding carboxylic acids is 1. The summed E-state index contributed by atoms with van der Waals surface area (Å²) in [6, 6.07) is -0.115. The summed E-state index contributed by atoms with van der Waals surface area (Å²) < 4.78 is 0. The third kappa shape index (κ3) is 5.68. The highest BCUT2D eigenvalue weighted by molar-refractivity contribution is 7.09. The van der Waals surface area contributed by atoms with Crippen molar-refractivity contribution in [3.63, 3.8) is 0 Å². The van der Waals surface area contributed by atoms with Crippen molar-refractivity contribution in [2.45, 2.75) is 26.4 Å². The van der Waals surface area contributed by atoms with Crippen LogP contribution in [-0.4, -0.2) is 28.9 Å². The molecule has 0 fully saturated rings. The van der Waals surface area contributed by atoms with Gasteiger partial charge in [-0.05, 0) is 6.92 Å². The summed E-state index contributed by atoms with van der Waals surface area (Å²) in [5, 5.41) is 2.85. The normalized spacial score (nSPS) is 12.9. The van der Waals surface area contributed by atoms with E-state index in [9.17, 15) is 4.79 Å². The number of rotatable bonds is 4. The van der Waals surface area contributed by atoms with Gasteiger partial charge in [0.05, 0.1) is 12.5 Å². The molecule has 2 unspecified atom stereocenters. The van der Waals surface area contributed by atoms with E-state index in [1.54, 1.807) is 29.5 Å². The van der Waals surface area contributed by atoms with Crippen molar-refractivity contribution < 1.29 is 4.79 Å². The van der Waals surface area contributed by atoms with Gasteiger partial charge in [0.2, 0.25) is 5.91 Å². The highest BCUT2D eigenvalue weighted by atomic mass is 35.5. The molecule has 0 aliphatic rings. The van der Waals surface area contributed by atoms with E-state index in [1.165, 1.54) is 0 Å². The minimum absolute atomic E-state index is 0. The second-order valence-electron chi connectivity index (χ2n) is 3.77. The van der Waals surface area contributed by atoms with Gasteiger partial charge in [0.1, 0.15) is 5.01 Å². The average Bonchev–Trinajstić information content (AvgIpc) is 2.67. The molecule has 0 aromatic carbocycles. The fraction of sp³-hybridized carbons (Fsp3) is 0.600. The van der Waals surface area contributed by atoms with E-state index >= 15 is 0 Å². The molecule has 100 valence electrons. The van der Waals surface area contributed by atoms with E-state index in [-0.39, 0.29) is 42.7 Å². The molecule has 0 saturated carbocycles. The molecule has 1 amide bonds. The molecule has 0 aliphatic heterocycles. The highest BCUT2D eigenvalue weighted by Gasteiger charge is 2.21. The van der Waals surface area contributed by atoms with Crippen LogP contribution in [0.2, 0.25) is 0 Å². The molecule has 2 N–H and O–H groups in total. The van der Waals surface area contributed by atoms with Gasteiger partial charge in [-0.1, -0.05) is 6.92 Å². The molecular formula is C10H19Cl2N3OS. The first-order valence-electron chi connectivity index (χ1n) is 4.91. The molecule has 0 saturated heterocycles. The Kier molecular flexibility index (Phi) is 9.71. The van der Waals surface area contributed by atoms with Crippen molar-refractivity contribution in [1.29, 1.82) is 0 Å². The van der Waals surface area contributed by atoms with E-state index in [0.29, 0.717) is 6.54 Å². The second-order valence-corrected chi connectivity index (χ2v) is 4.75. The van der Waals surface area contributed by atoms with Gasteiger partial charge in [0, 0.05) is 24.7 Å². The number of nitrogens with two attached hydrogens (primary N) is 1. The Labute approximate surface area is 118 Å². The fourth-order valence-electron chi connectivity index (χ4n) is 1.18. The van der Waals surface area contributed by atoms with E-state index < -0.39 is 0 Å². The van der Waals surface area contributed by atoms with Crippen molar-refractivity contribution in [2.75, 3.05) is 7.05 Å². The standard InChI is InChI=1S/C10H17N3OS.2ClH/c1-7(8(2)11)10(14)13(3)6-9-12-4-5-15-9;;/h4-5,7-8H,6,11H2,1-3H3;2*1H. The van der Waals surface area contributed by atoms with Crippen LogP contribution < -0.4 is 5.73 Å². The summed E-state index contributed by atoms with van der Waals surface area (Å²) in [7, 11) is 1.78. The summed E-state index contributed by atoms with van der Waals surface area (Å²) >= 11 is 1.55. The van der Waals surface area contributed by atoms with Crippen LogP contribution in [0.3, 0.4) is 0 Å². The molecule has 4 nitrogen and oxygen atoms in total. The Balaban J connectivity index is 0. The Morgan fingerprint density at radius 2 is 2.12 bits per heavy atom. The zero-order valence-electron chi connectivity index (χ0n) is 10.1. The molecule has 0 aliphatic carbocycles. The van der Waals surface area contributed by atoms with Gasteiger partial charge < -0.3 is 10.6 Å². The van der Waals surface area contributed by atoms with Crippen LogP contribution in [0.25, 0.3) is 0 Å². The molecule has 1 rings (SSSR count). The predicted molar refractivity (Wildman–Crippen MR) is 75.9 cm³/mol. The monoisotopic (exact) mass is 299 g/mol. The van der Waals surface area contributed by atoms with Gasteiger partial charge in [0.15, 0.2) is 0 Å². The summed E-state index contributed by atoms with van der Waals surface area (Å²) in [6.07, 6.45) is 1.74. The maximum atomic E-state index is 11.8. The number of thiazole rings is 1. The molecule has 1 aromatic rings. The van der Waals surface area contributed by atoms with E-state index in [0.717, 1.165) is 5.01 Å². The molecule has 2 atom stereocenters. The topological polar surface area (TPSA) is 59.2 Å². The Hall–Kier alpha value is -0.360. The SMILES string of the molecule is CC(N)C(C)C(=O)N(C)Cc1nccs1.Cl.Cl. The Morgan fingerprint density at radius 1 is 1.53 bits per heavy atom. The third-order valence-corrected chi connectivity index (χ3v) is 3.17. The van der Waals surface area contributed by atoms with Crippen molar-refractivity contribution in [2.24, 2.45) is 11.7 Å². The average molecular weight is 300 g/mol. The van der Waals surface area contributed by atoms with Crippen LogP contribution in [0.15, 0.2) is 11.6 Å². The number of nitrogens with zero attached hydrogens (tertiary/aromatic N) is 2. The summed E-state index contributed by atoms with van der Waals surface area (Å²) in [5.41, 5.74) is 5.69. The van der Waals surface area contributed by atoms with E-state index in [4.69, 9.17) is 5.73 Å². The van der Waals surface area contributed by atoms with Crippen LogP contribution >= 0.6 is 36.2 Å². The molecule has 1 heterocycles. The zero-order valence-corrected chi connectivity index (χ0v) is 12.6. The first kappa shape index (κ1) is 19.0. The lowest BCUT2D eigenvalue weighted by molar-refractivity contribution is -0.134. The lowest BCUT2D eigenvalue weighted by Gasteiger charge is -2.22. The van der Waals surface area contributed by atoms with E-state index in [2.05, 4.69) is 4.98 Å². The molecule has 17 heavy (non-hydrogen) atoms. The zero-order chi connectivity index (χ0) is 11.4. The molecule has 0 spiro atoms. The van der Waals surface area contributed by atoms with Crippen molar-refractivity contribution in [3.05, 3.63) is 16.6 Å². The van der Waals surface area contributed by atoms with E-state index in [1.807, 2.05) is 19.2 Å². The van der Waals surface area contributed by atoms with Crippen LogP contribution in [0.4, 0.5) is 0 Å². The van der Waals surface area contributed by atoms with Gasteiger partial charge in [-0.2, -0.15) is 0 Å². The number of hydrogen-bond donors (Lipinski definition) is 1. The van der Waals surface area contributed by atoms with Crippen molar-refractivity contribution >= 4 is 42.1 Å². The molecule has 1 aromatic heterocycles. The second kappa shape index (κ2) is 8.69. The maximum absolute atomic E-state index is 11.8. The smallest absolute Gasteiger partial charge is 0.227 e. The number of aromatic nitrogens is 1. The van der Waals surface area contributed by atoms with Crippen LogP contribution in [0.5, 0.6) is 0 Å². The Bertz CT molecular complexity index is 319. The quantitative estimate of drug-likeness (QED) is 0.924. The minimum Gasteiger partial charge on any atom is -0.339 e. The van der Waals surface area contributed by atoms with Crippen LogP contribution in [-0.2, 0) is 11.3 Å². The summed E-state index contributed by atoms with van der Waals surface area (Å²) in [6.45, 7) is 4.26. The van der Waals surface area contributed by atoms with Gasteiger partial charge >= 0.3 is 0 Å². The first-order valence-corrected chi connectivity index (χ1v) is 5.79. The minimum atomic E-state index is -0.144. The Morgan fingerprint density at radius 3 is 2.53 bits per heavy atom. The number of carbonyl (C=O) groups is 1. The highest BCUT2D eigenvalue weighted by Crippen LogP contribution is 2.10. The lowest BCUT2D eigenvalue weighted by atomic mass is 10.0. The van der Waals surface area contributed by atoms with Gasteiger partial charge in [0.25, 0.3) is 0 Å². The fourth-order valence-corrected chi connectivity index (χ4v) is 1.85. The molecule has 7 heteroatoms. The predicted octanol–water partition coefficient (Wildman–Crippen LogP) is 1.93. The first-order chi connectivity index (χ1) is 7.02. The number of halogens is 2. The summed E-state index contributed by atoms with van der Waals surface area (Å²) in [4.78, 5) is 17.6. The largest absolute Gasteiger partial charge is 0.339 e. The third-order valence-electron chi connectivity index (χ3n) is 2.41. The van der Waals surface area contributed by atoms with Crippen molar-refractivity contribution in [3.8, 4) is 0 Å². The van der Waals surface area contributed by atoms with Gasteiger partial charge in [-0.3, -0.25) is 4.79 Å². The van der Waals surface area contributed by atoms with Gasteiger partial charge in [-0.25, -0.2) is 4.98 Å². The van der Waals surface area contributed by atoms with Gasteiger partial charge in [-0.15, -0.1) is 36.2 Å².